The first-order chi connectivity index (χ1) is 9.49. The number of rotatable bonds is 4. The molecular weight excluding hydrogens is 330 g/mol. The molecule has 1 N–H and O–H groups in total. The zero-order valence-corrected chi connectivity index (χ0v) is 12.3. The first-order valence-corrected chi connectivity index (χ1v) is 6.81. The lowest BCUT2D eigenvalue weighted by Gasteiger charge is -2.11. The first-order valence-electron chi connectivity index (χ1n) is 6.02. The average Bonchev–Trinajstić information content (AvgIpc) is 2.41. The van der Waals surface area contributed by atoms with Crippen LogP contribution in [0.2, 0.25) is 0 Å². The Balaban J connectivity index is 2.13. The zero-order chi connectivity index (χ0) is 14.7. The number of aliphatic hydroxyl groups excluding tert-OH is 1. The first kappa shape index (κ1) is 14.9. The molecule has 106 valence electrons. The van der Waals surface area contributed by atoms with E-state index in [2.05, 4.69) is 15.9 Å². The molecule has 2 rings (SSSR count). The van der Waals surface area contributed by atoms with Crippen molar-refractivity contribution in [2.75, 3.05) is 0 Å². The Bertz CT molecular complexity index is 615. The summed E-state index contributed by atoms with van der Waals surface area (Å²) in [7, 11) is 0. The quantitative estimate of drug-likeness (QED) is 0.894. The van der Waals surface area contributed by atoms with Crippen LogP contribution < -0.4 is 4.74 Å². The highest BCUT2D eigenvalue weighted by Gasteiger charge is 2.10. The molecule has 2 aromatic rings. The van der Waals surface area contributed by atoms with E-state index in [0.717, 1.165) is 0 Å². The van der Waals surface area contributed by atoms with Crippen LogP contribution in [-0.2, 0) is 6.61 Å². The fraction of sp³-hybridized carbons (Fsp3) is 0.200. The molecule has 0 unspecified atom stereocenters. The van der Waals surface area contributed by atoms with Gasteiger partial charge >= 0.3 is 0 Å². The van der Waals surface area contributed by atoms with Crippen LogP contribution in [0.3, 0.4) is 0 Å². The van der Waals surface area contributed by atoms with E-state index in [-0.39, 0.29) is 12.4 Å². The molecule has 0 aliphatic heterocycles. The summed E-state index contributed by atoms with van der Waals surface area (Å²) >= 11 is 3.12. The van der Waals surface area contributed by atoms with Crippen molar-refractivity contribution >= 4 is 15.9 Å². The van der Waals surface area contributed by atoms with Crippen molar-refractivity contribution in [1.29, 1.82) is 0 Å². The van der Waals surface area contributed by atoms with E-state index < -0.39 is 17.7 Å². The summed E-state index contributed by atoms with van der Waals surface area (Å²) < 4.78 is 32.7. The normalized spacial score (nSPS) is 12.2. The third-order valence-electron chi connectivity index (χ3n) is 2.85. The molecule has 0 saturated heterocycles. The van der Waals surface area contributed by atoms with E-state index in [0.29, 0.717) is 15.6 Å². The molecule has 0 radical (unpaired) electrons. The molecule has 2 aromatic carbocycles. The standard InChI is InChI=1S/C15H13BrF2O2/c1-9(19)10-5-6-14(13(18)7-10)20-8-11-3-2-4-12(17)15(11)16/h2-7,9,19H,8H2,1H3/t9-/m1/s1. The van der Waals surface area contributed by atoms with Gasteiger partial charge in [-0.25, -0.2) is 8.78 Å². The van der Waals surface area contributed by atoms with Crippen LogP contribution in [0.15, 0.2) is 40.9 Å². The van der Waals surface area contributed by atoms with Crippen LogP contribution in [-0.4, -0.2) is 5.11 Å². The van der Waals surface area contributed by atoms with Crippen LogP contribution in [0, 0.1) is 11.6 Å². The second-order valence-corrected chi connectivity index (χ2v) is 5.16. The Morgan fingerprint density at radius 3 is 2.60 bits per heavy atom. The highest BCUT2D eigenvalue weighted by atomic mass is 79.9. The molecule has 0 aliphatic rings. The molecule has 1 atom stereocenters. The van der Waals surface area contributed by atoms with Crippen LogP contribution in [0.25, 0.3) is 0 Å². The Labute approximate surface area is 124 Å². The van der Waals surface area contributed by atoms with Gasteiger partial charge in [-0.2, -0.15) is 0 Å². The topological polar surface area (TPSA) is 29.5 Å². The van der Waals surface area contributed by atoms with E-state index >= 15 is 0 Å². The van der Waals surface area contributed by atoms with Crippen LogP contribution in [0.4, 0.5) is 8.78 Å². The minimum absolute atomic E-state index is 0.0449. The molecule has 0 aromatic heterocycles. The van der Waals surface area contributed by atoms with Gasteiger partial charge in [0.1, 0.15) is 12.4 Å². The van der Waals surface area contributed by atoms with E-state index in [1.165, 1.54) is 18.2 Å². The number of benzene rings is 2. The summed E-state index contributed by atoms with van der Waals surface area (Å²) in [5, 5.41) is 9.36. The van der Waals surface area contributed by atoms with Crippen molar-refractivity contribution < 1.29 is 18.6 Å². The van der Waals surface area contributed by atoms with E-state index in [4.69, 9.17) is 4.74 Å². The minimum Gasteiger partial charge on any atom is -0.486 e. The maximum Gasteiger partial charge on any atom is 0.165 e. The van der Waals surface area contributed by atoms with Gasteiger partial charge in [0, 0.05) is 5.56 Å². The number of hydrogen-bond donors (Lipinski definition) is 1. The number of aliphatic hydroxyl groups is 1. The fourth-order valence-corrected chi connectivity index (χ4v) is 2.09. The van der Waals surface area contributed by atoms with Gasteiger partial charge in [0.05, 0.1) is 10.6 Å². The molecule has 5 heteroatoms. The number of ether oxygens (including phenoxy) is 1. The Morgan fingerprint density at radius 1 is 1.20 bits per heavy atom. The van der Waals surface area contributed by atoms with Crippen molar-refractivity contribution in [3.8, 4) is 5.75 Å². The minimum atomic E-state index is -0.740. The molecule has 0 aliphatic carbocycles. The molecule has 0 amide bonds. The SMILES string of the molecule is C[C@@H](O)c1ccc(OCc2cccc(F)c2Br)c(F)c1. The van der Waals surface area contributed by atoms with Crippen LogP contribution in [0.5, 0.6) is 5.75 Å². The summed E-state index contributed by atoms with van der Waals surface area (Å²) in [5.74, 6) is -0.891. The maximum absolute atomic E-state index is 13.8. The summed E-state index contributed by atoms with van der Waals surface area (Å²) in [5.41, 5.74) is 1.06. The van der Waals surface area contributed by atoms with Crippen LogP contribution in [0.1, 0.15) is 24.2 Å². The largest absolute Gasteiger partial charge is 0.486 e. The summed E-state index contributed by atoms with van der Waals surface area (Å²) in [6.45, 7) is 1.60. The van der Waals surface area contributed by atoms with Gasteiger partial charge < -0.3 is 9.84 Å². The van der Waals surface area contributed by atoms with Gasteiger partial charge in [0.25, 0.3) is 0 Å². The second-order valence-electron chi connectivity index (χ2n) is 4.37. The van der Waals surface area contributed by atoms with Gasteiger partial charge in [-0.3, -0.25) is 0 Å². The maximum atomic E-state index is 13.8. The Morgan fingerprint density at radius 2 is 1.95 bits per heavy atom. The van der Waals surface area contributed by atoms with Crippen molar-refractivity contribution in [2.45, 2.75) is 19.6 Å². The van der Waals surface area contributed by atoms with Gasteiger partial charge in [0.15, 0.2) is 11.6 Å². The lowest BCUT2D eigenvalue weighted by molar-refractivity contribution is 0.198. The van der Waals surface area contributed by atoms with Gasteiger partial charge in [-0.05, 0) is 46.6 Å². The lowest BCUT2D eigenvalue weighted by atomic mass is 10.1. The third-order valence-corrected chi connectivity index (χ3v) is 3.74. The molecule has 0 fully saturated rings. The van der Waals surface area contributed by atoms with Crippen molar-refractivity contribution in [2.24, 2.45) is 0 Å². The van der Waals surface area contributed by atoms with E-state index in [9.17, 15) is 13.9 Å². The molecular formula is C15H13BrF2O2. The number of hydrogen-bond acceptors (Lipinski definition) is 2. The van der Waals surface area contributed by atoms with Crippen molar-refractivity contribution in [1.82, 2.24) is 0 Å². The molecule has 0 spiro atoms. The lowest BCUT2D eigenvalue weighted by Crippen LogP contribution is -2.00. The monoisotopic (exact) mass is 342 g/mol. The summed E-state index contributed by atoms with van der Waals surface area (Å²) in [4.78, 5) is 0. The summed E-state index contributed by atoms with van der Waals surface area (Å²) in [6.07, 6.45) is -0.740. The molecule has 2 nitrogen and oxygen atoms in total. The third kappa shape index (κ3) is 3.35. The predicted octanol–water partition coefficient (Wildman–Crippen LogP) is 4.36. The van der Waals surface area contributed by atoms with Gasteiger partial charge in [-0.1, -0.05) is 18.2 Å². The van der Waals surface area contributed by atoms with Crippen molar-refractivity contribution in [3.05, 3.63) is 63.6 Å². The highest BCUT2D eigenvalue weighted by Crippen LogP contribution is 2.25. The summed E-state index contributed by atoms with van der Waals surface area (Å²) in [6, 6.07) is 8.83. The van der Waals surface area contributed by atoms with Crippen molar-refractivity contribution in [3.63, 3.8) is 0 Å². The number of halogens is 3. The van der Waals surface area contributed by atoms with Gasteiger partial charge in [0.2, 0.25) is 0 Å². The van der Waals surface area contributed by atoms with Crippen LogP contribution >= 0.6 is 15.9 Å². The second kappa shape index (κ2) is 6.33. The van der Waals surface area contributed by atoms with E-state index in [1.54, 1.807) is 25.1 Å². The molecule has 0 heterocycles. The Kier molecular flexibility index (Phi) is 4.73. The molecule has 0 saturated carbocycles. The fourth-order valence-electron chi connectivity index (χ4n) is 1.71. The van der Waals surface area contributed by atoms with E-state index in [1.807, 2.05) is 0 Å². The predicted molar refractivity (Wildman–Crippen MR) is 75.5 cm³/mol. The highest BCUT2D eigenvalue weighted by molar-refractivity contribution is 9.10. The van der Waals surface area contributed by atoms with Gasteiger partial charge in [-0.15, -0.1) is 0 Å². The molecule has 20 heavy (non-hydrogen) atoms. The average molecular weight is 343 g/mol. The Hall–Kier alpha value is -1.46. The zero-order valence-electron chi connectivity index (χ0n) is 10.7. The molecule has 0 bridgehead atoms. The smallest absolute Gasteiger partial charge is 0.165 e.